The lowest BCUT2D eigenvalue weighted by molar-refractivity contribution is 0.102. The molecule has 3 nitrogen and oxygen atoms in total. The van der Waals surface area contributed by atoms with Gasteiger partial charge in [-0.2, -0.15) is 5.26 Å². The van der Waals surface area contributed by atoms with Gasteiger partial charge in [0.25, 0.3) is 5.91 Å². The zero-order chi connectivity index (χ0) is 18.9. The molecule has 0 radical (unpaired) electrons. The maximum absolute atomic E-state index is 13.0. The van der Waals surface area contributed by atoms with Gasteiger partial charge in [-0.15, -0.1) is 11.3 Å². The van der Waals surface area contributed by atoms with Crippen LogP contribution in [0.2, 0.25) is 0 Å². The van der Waals surface area contributed by atoms with Crippen molar-refractivity contribution in [1.29, 1.82) is 5.26 Å². The Kier molecular flexibility index (Phi) is 5.15. The Morgan fingerprint density at radius 1 is 1.38 bits per heavy atom. The second-order valence-corrected chi connectivity index (χ2v) is 8.67. The van der Waals surface area contributed by atoms with Crippen molar-refractivity contribution >= 4 is 22.2 Å². The molecule has 1 N–H and O–H groups in total. The monoisotopic (exact) mass is 370 g/mol. The van der Waals surface area contributed by atoms with Crippen molar-refractivity contribution in [3.63, 3.8) is 0 Å². The van der Waals surface area contributed by atoms with Crippen LogP contribution in [-0.4, -0.2) is 5.91 Å². The molecule has 1 aromatic heterocycles. The van der Waals surface area contributed by atoms with Crippen molar-refractivity contribution in [3.05, 3.63) is 51.7 Å². The molecule has 0 saturated carbocycles. The summed E-state index contributed by atoms with van der Waals surface area (Å²) in [5.74, 6) is -0.105. The van der Waals surface area contributed by atoms with Crippen LogP contribution in [0.5, 0.6) is 0 Å². The van der Waals surface area contributed by atoms with E-state index in [4.69, 9.17) is 0 Å². The quantitative estimate of drug-likeness (QED) is 0.767. The van der Waals surface area contributed by atoms with E-state index >= 15 is 0 Å². The van der Waals surface area contributed by atoms with Crippen molar-refractivity contribution in [2.75, 3.05) is 5.32 Å². The summed E-state index contributed by atoms with van der Waals surface area (Å²) in [4.78, 5) is 13.7. The molecule has 0 fully saturated rings. The van der Waals surface area contributed by atoms with Gasteiger partial charge in [-0.1, -0.05) is 27.2 Å². The molecule has 3 rings (SSSR count). The number of thiophene rings is 1. The number of hydrogen-bond donors (Lipinski definition) is 1. The van der Waals surface area contributed by atoms with Gasteiger partial charge < -0.3 is 5.32 Å². The fourth-order valence-electron chi connectivity index (χ4n) is 3.52. The molecule has 1 aliphatic rings. The summed E-state index contributed by atoms with van der Waals surface area (Å²) in [5, 5.41) is 13.1. The average Bonchev–Trinajstić information content (AvgIpc) is 2.98. The van der Waals surface area contributed by atoms with E-state index in [-0.39, 0.29) is 17.1 Å². The maximum Gasteiger partial charge on any atom is 0.256 e. The summed E-state index contributed by atoms with van der Waals surface area (Å²) < 4.78 is 13.0. The van der Waals surface area contributed by atoms with Crippen LogP contribution in [0, 0.1) is 28.5 Å². The minimum absolute atomic E-state index is 0.270. The summed E-state index contributed by atoms with van der Waals surface area (Å²) >= 11 is 1.51. The highest BCUT2D eigenvalue weighted by atomic mass is 32.1. The number of carbonyl (C=O) groups excluding carboxylic acids is 1. The van der Waals surface area contributed by atoms with E-state index in [2.05, 4.69) is 32.2 Å². The molecule has 0 unspecified atom stereocenters. The lowest BCUT2D eigenvalue weighted by Gasteiger charge is -2.36. The number of rotatable bonds is 4. The zero-order valence-electron chi connectivity index (χ0n) is 15.4. The van der Waals surface area contributed by atoms with Crippen LogP contribution >= 0.6 is 11.3 Å². The molecule has 136 valence electrons. The van der Waals surface area contributed by atoms with Crippen molar-refractivity contribution in [2.24, 2.45) is 11.3 Å². The first-order chi connectivity index (χ1) is 12.4. The van der Waals surface area contributed by atoms with E-state index in [0.717, 1.165) is 31.2 Å². The van der Waals surface area contributed by atoms with E-state index in [1.165, 1.54) is 40.5 Å². The topological polar surface area (TPSA) is 52.9 Å². The van der Waals surface area contributed by atoms with Crippen molar-refractivity contribution in [1.82, 2.24) is 0 Å². The van der Waals surface area contributed by atoms with Crippen LogP contribution in [0.25, 0.3) is 0 Å². The normalized spacial score (nSPS) is 16.7. The minimum Gasteiger partial charge on any atom is -0.312 e. The van der Waals surface area contributed by atoms with Crippen molar-refractivity contribution < 1.29 is 9.18 Å². The largest absolute Gasteiger partial charge is 0.312 e. The zero-order valence-corrected chi connectivity index (χ0v) is 16.2. The molecule has 1 amide bonds. The Hall–Kier alpha value is -2.19. The predicted molar refractivity (Wildman–Crippen MR) is 103 cm³/mol. The lowest BCUT2D eigenvalue weighted by Crippen LogP contribution is -2.28. The second kappa shape index (κ2) is 7.20. The van der Waals surface area contributed by atoms with Gasteiger partial charge in [-0.25, -0.2) is 4.39 Å². The first kappa shape index (κ1) is 18.6. The van der Waals surface area contributed by atoms with E-state index < -0.39 is 0 Å². The Morgan fingerprint density at radius 3 is 2.69 bits per heavy atom. The molecular weight excluding hydrogens is 347 g/mol. The minimum atomic E-state index is -0.379. The molecular formula is C21H23FN2OS. The van der Waals surface area contributed by atoms with Gasteiger partial charge in [0.1, 0.15) is 16.9 Å². The first-order valence-corrected chi connectivity index (χ1v) is 9.79. The van der Waals surface area contributed by atoms with E-state index in [1.807, 2.05) is 0 Å². The number of benzene rings is 1. The van der Waals surface area contributed by atoms with E-state index in [9.17, 15) is 14.4 Å². The Balaban J connectivity index is 1.85. The van der Waals surface area contributed by atoms with Gasteiger partial charge in [0.2, 0.25) is 0 Å². The fraction of sp³-hybridized carbons (Fsp3) is 0.429. The van der Waals surface area contributed by atoms with Gasteiger partial charge in [-0.3, -0.25) is 4.79 Å². The van der Waals surface area contributed by atoms with Crippen molar-refractivity contribution in [3.8, 4) is 6.07 Å². The molecule has 0 saturated heterocycles. The van der Waals surface area contributed by atoms with E-state index in [1.54, 1.807) is 0 Å². The molecule has 0 bridgehead atoms. The van der Waals surface area contributed by atoms with Gasteiger partial charge in [0.15, 0.2) is 0 Å². The van der Waals surface area contributed by atoms with Gasteiger partial charge in [0.05, 0.1) is 5.56 Å². The SMILES string of the molecule is CCC(C)(C)[C@@H]1CCc2c(sc(NC(=O)c3ccc(F)cc3)c2C#N)C1. The molecule has 1 aliphatic carbocycles. The summed E-state index contributed by atoms with van der Waals surface area (Å²) in [7, 11) is 0. The molecule has 0 spiro atoms. The summed E-state index contributed by atoms with van der Waals surface area (Å²) in [6.07, 6.45) is 4.04. The number of hydrogen-bond acceptors (Lipinski definition) is 3. The number of fused-ring (bicyclic) bond motifs is 1. The maximum atomic E-state index is 13.0. The van der Waals surface area contributed by atoms with Gasteiger partial charge in [-0.05, 0) is 60.4 Å². The second-order valence-electron chi connectivity index (χ2n) is 7.56. The third-order valence-electron chi connectivity index (χ3n) is 5.73. The van der Waals surface area contributed by atoms with Crippen LogP contribution in [0.1, 0.15) is 60.0 Å². The first-order valence-electron chi connectivity index (χ1n) is 8.97. The summed E-state index contributed by atoms with van der Waals surface area (Å²) in [5.41, 5.74) is 2.33. The van der Waals surface area contributed by atoms with Crippen LogP contribution in [0.4, 0.5) is 9.39 Å². The highest BCUT2D eigenvalue weighted by molar-refractivity contribution is 7.16. The summed E-state index contributed by atoms with van der Waals surface area (Å²) in [6, 6.07) is 7.69. The average molecular weight is 370 g/mol. The Labute approximate surface area is 157 Å². The number of anilines is 1. The lowest BCUT2D eigenvalue weighted by atomic mass is 9.69. The number of halogens is 1. The number of nitrogens with zero attached hydrogens (tertiary/aromatic N) is 1. The number of nitriles is 1. The van der Waals surface area contributed by atoms with Gasteiger partial charge in [0, 0.05) is 10.4 Å². The Bertz CT molecular complexity index is 861. The molecule has 1 heterocycles. The number of carbonyl (C=O) groups is 1. The van der Waals surface area contributed by atoms with Crippen LogP contribution < -0.4 is 5.32 Å². The Morgan fingerprint density at radius 2 is 2.08 bits per heavy atom. The molecule has 5 heteroatoms. The number of nitrogens with one attached hydrogen (secondary N) is 1. The standard InChI is InChI=1S/C21H23FN2OS/c1-4-21(2,3)14-7-10-16-17(12-23)20(26-18(16)11-14)24-19(25)13-5-8-15(22)9-6-13/h5-6,8-9,14H,4,7,10-11H2,1-3H3,(H,24,25)/t14-/m1/s1. The highest BCUT2D eigenvalue weighted by Gasteiger charge is 2.34. The molecule has 26 heavy (non-hydrogen) atoms. The molecule has 0 aliphatic heterocycles. The number of amides is 1. The molecule has 2 aromatic rings. The highest BCUT2D eigenvalue weighted by Crippen LogP contribution is 2.45. The molecule has 1 atom stereocenters. The third-order valence-corrected chi connectivity index (χ3v) is 6.90. The third kappa shape index (κ3) is 3.52. The van der Waals surface area contributed by atoms with Gasteiger partial charge >= 0.3 is 0 Å². The molecule has 1 aromatic carbocycles. The van der Waals surface area contributed by atoms with Crippen LogP contribution in [0.3, 0.4) is 0 Å². The van der Waals surface area contributed by atoms with E-state index in [0.29, 0.717) is 22.0 Å². The smallest absolute Gasteiger partial charge is 0.256 e. The van der Waals surface area contributed by atoms with Crippen molar-refractivity contribution in [2.45, 2.75) is 46.5 Å². The summed E-state index contributed by atoms with van der Waals surface area (Å²) in [6.45, 7) is 6.83. The fourth-order valence-corrected chi connectivity index (χ4v) is 4.80. The van der Waals surface area contributed by atoms with Crippen LogP contribution in [0.15, 0.2) is 24.3 Å². The predicted octanol–water partition coefficient (Wildman–Crippen LogP) is 5.55. The van der Waals surface area contributed by atoms with Crippen LogP contribution in [-0.2, 0) is 12.8 Å².